The number of thioether (sulfide) groups is 1. The van der Waals surface area contributed by atoms with Crippen LogP contribution in [0.3, 0.4) is 0 Å². The van der Waals surface area contributed by atoms with Crippen LogP contribution in [0, 0.1) is 0 Å². The predicted octanol–water partition coefficient (Wildman–Crippen LogP) is 4.03. The summed E-state index contributed by atoms with van der Waals surface area (Å²) >= 11 is 2.60. The van der Waals surface area contributed by atoms with Crippen LogP contribution in [0.25, 0.3) is 11.1 Å². The maximum atomic E-state index is 12.5. The van der Waals surface area contributed by atoms with Gasteiger partial charge in [0, 0.05) is 17.1 Å². The zero-order valence-electron chi connectivity index (χ0n) is 18.0. The Labute approximate surface area is 204 Å². The fourth-order valence-electron chi connectivity index (χ4n) is 4.32. The summed E-state index contributed by atoms with van der Waals surface area (Å²) in [5.41, 5.74) is 5.05. The van der Waals surface area contributed by atoms with Gasteiger partial charge in [-0.05, 0) is 22.3 Å². The van der Waals surface area contributed by atoms with Crippen LogP contribution < -0.4 is 5.32 Å². The molecule has 2 N–H and O–H groups in total. The topological polar surface area (TPSA) is 109 Å². The lowest BCUT2D eigenvalue weighted by atomic mass is 9.98. The minimum Gasteiger partial charge on any atom is -0.480 e. The lowest BCUT2D eigenvalue weighted by molar-refractivity contribution is -0.147. The monoisotopic (exact) mass is 495 g/mol. The Morgan fingerprint density at radius 1 is 1.09 bits per heavy atom. The molecule has 8 nitrogen and oxygen atoms in total. The number of ether oxygens (including phenoxy) is 1. The summed E-state index contributed by atoms with van der Waals surface area (Å²) in [5, 5.41) is 13.9. The summed E-state index contributed by atoms with van der Waals surface area (Å²) in [6, 6.07) is 15.4. The van der Waals surface area contributed by atoms with Gasteiger partial charge >= 0.3 is 12.1 Å². The predicted molar refractivity (Wildman–Crippen MR) is 130 cm³/mol. The molecule has 10 heteroatoms. The molecule has 1 saturated heterocycles. The number of amides is 2. The van der Waals surface area contributed by atoms with Gasteiger partial charge in [-0.2, -0.15) is 0 Å². The van der Waals surface area contributed by atoms with Crippen LogP contribution in [0.2, 0.25) is 0 Å². The average Bonchev–Trinajstić information content (AvgIpc) is 3.56. The van der Waals surface area contributed by atoms with Crippen molar-refractivity contribution in [3.8, 4) is 11.1 Å². The van der Waals surface area contributed by atoms with Gasteiger partial charge in [-0.15, -0.1) is 23.1 Å². The second-order valence-corrected chi connectivity index (χ2v) is 9.85. The summed E-state index contributed by atoms with van der Waals surface area (Å²) in [5.74, 6) is -0.606. The van der Waals surface area contributed by atoms with Gasteiger partial charge in [-0.25, -0.2) is 14.6 Å². The van der Waals surface area contributed by atoms with E-state index in [1.54, 1.807) is 5.38 Å². The maximum Gasteiger partial charge on any atom is 0.413 e. The van der Waals surface area contributed by atoms with Crippen molar-refractivity contribution in [3.63, 3.8) is 0 Å². The highest BCUT2D eigenvalue weighted by molar-refractivity contribution is 7.99. The summed E-state index contributed by atoms with van der Waals surface area (Å²) in [7, 11) is 0. The molecule has 5 rings (SSSR count). The van der Waals surface area contributed by atoms with Crippen molar-refractivity contribution in [2.45, 2.75) is 18.4 Å². The van der Waals surface area contributed by atoms with Crippen LogP contribution in [0.1, 0.15) is 22.7 Å². The number of hydrogen-bond donors (Lipinski definition) is 2. The maximum absolute atomic E-state index is 12.5. The molecular weight excluding hydrogens is 474 g/mol. The number of aliphatic carboxylic acids is 1. The van der Waals surface area contributed by atoms with E-state index in [1.807, 2.05) is 24.3 Å². The molecule has 0 spiro atoms. The van der Waals surface area contributed by atoms with Crippen molar-refractivity contribution >= 4 is 46.2 Å². The number of nitrogens with one attached hydrogen (secondary N) is 1. The zero-order valence-corrected chi connectivity index (χ0v) is 19.6. The van der Waals surface area contributed by atoms with E-state index in [1.165, 1.54) is 28.0 Å². The van der Waals surface area contributed by atoms with E-state index in [0.29, 0.717) is 22.5 Å². The molecule has 0 saturated carbocycles. The van der Waals surface area contributed by atoms with Crippen molar-refractivity contribution < 1.29 is 24.2 Å². The minimum atomic E-state index is -1.01. The number of carboxylic acid groups (broad SMARTS) is 1. The van der Waals surface area contributed by atoms with Crippen LogP contribution in [0.5, 0.6) is 0 Å². The number of carboxylic acids is 1. The number of carbonyl (C=O) groups is 3. The lowest BCUT2D eigenvalue weighted by Gasteiger charge is -2.19. The van der Waals surface area contributed by atoms with Gasteiger partial charge in [0.25, 0.3) is 0 Å². The average molecular weight is 496 g/mol. The van der Waals surface area contributed by atoms with Crippen LogP contribution in [0.15, 0.2) is 53.9 Å². The fraction of sp³-hybridized carbons (Fsp3) is 0.250. The Kier molecular flexibility index (Phi) is 6.25. The molecule has 1 aliphatic heterocycles. The van der Waals surface area contributed by atoms with E-state index in [9.17, 15) is 19.5 Å². The largest absolute Gasteiger partial charge is 0.480 e. The molecular formula is C24H21N3O5S2. The molecule has 1 unspecified atom stereocenters. The van der Waals surface area contributed by atoms with Gasteiger partial charge in [0.05, 0.1) is 18.0 Å². The number of nitrogens with zero attached hydrogens (tertiary/aromatic N) is 2. The van der Waals surface area contributed by atoms with Crippen molar-refractivity contribution in [3.05, 3.63) is 70.7 Å². The highest BCUT2D eigenvalue weighted by Crippen LogP contribution is 2.44. The molecule has 1 aromatic heterocycles. The van der Waals surface area contributed by atoms with Crippen LogP contribution >= 0.6 is 23.1 Å². The number of benzene rings is 2. The standard InChI is InChI=1S/C24H21N3O5S2/c28-21(27-13-33-12-20(27)22(29)30)9-14-11-34-23(25-14)26-24(31)32-10-19-17-7-3-1-5-15(17)16-6-2-4-8-18(16)19/h1-8,11,19-20H,9-10,12-13H2,(H,29,30)(H,25,26,31). The molecule has 2 aliphatic rings. The minimum absolute atomic E-state index is 0.0206. The molecule has 2 amide bonds. The van der Waals surface area contributed by atoms with E-state index in [0.717, 1.165) is 22.3 Å². The first kappa shape index (κ1) is 22.4. The normalized spacial score (nSPS) is 16.7. The molecule has 174 valence electrons. The van der Waals surface area contributed by atoms with Gasteiger partial charge in [0.2, 0.25) is 5.91 Å². The van der Waals surface area contributed by atoms with Crippen molar-refractivity contribution in [2.24, 2.45) is 0 Å². The zero-order chi connectivity index (χ0) is 23.7. The number of aromatic nitrogens is 1. The van der Waals surface area contributed by atoms with Crippen LogP contribution in [0.4, 0.5) is 9.93 Å². The van der Waals surface area contributed by atoms with Crippen molar-refractivity contribution in [1.29, 1.82) is 0 Å². The molecule has 1 fully saturated rings. The van der Waals surface area contributed by atoms with Gasteiger partial charge in [-0.1, -0.05) is 48.5 Å². The van der Waals surface area contributed by atoms with Crippen LogP contribution in [-0.2, 0) is 20.7 Å². The molecule has 3 aromatic rings. The SMILES string of the molecule is O=C(Nc1nc(CC(=O)N2CSCC2C(=O)O)cs1)OCC1c2ccccc2-c2ccccc21. The highest BCUT2D eigenvalue weighted by Gasteiger charge is 2.34. The summed E-state index contributed by atoms with van der Waals surface area (Å²) in [6.45, 7) is 0.194. The Bertz CT molecular complexity index is 1220. The van der Waals surface area contributed by atoms with Gasteiger partial charge in [-0.3, -0.25) is 10.1 Å². The third-order valence-electron chi connectivity index (χ3n) is 5.92. The second-order valence-electron chi connectivity index (χ2n) is 7.99. The Hall–Kier alpha value is -3.37. The molecule has 0 bridgehead atoms. The Morgan fingerprint density at radius 2 is 1.76 bits per heavy atom. The number of thiazole rings is 1. The van der Waals surface area contributed by atoms with Gasteiger partial charge in [0.15, 0.2) is 5.13 Å². The number of hydrogen-bond acceptors (Lipinski definition) is 7. The van der Waals surface area contributed by atoms with Crippen LogP contribution in [-0.4, -0.2) is 57.2 Å². The van der Waals surface area contributed by atoms with E-state index in [4.69, 9.17) is 4.74 Å². The third kappa shape index (κ3) is 4.38. The van der Waals surface area contributed by atoms with Crippen molar-refractivity contribution in [1.82, 2.24) is 9.88 Å². The quantitative estimate of drug-likeness (QED) is 0.531. The number of fused-ring (bicyclic) bond motifs is 3. The smallest absolute Gasteiger partial charge is 0.413 e. The molecule has 2 aromatic carbocycles. The highest BCUT2D eigenvalue weighted by atomic mass is 32.2. The lowest BCUT2D eigenvalue weighted by Crippen LogP contribution is -2.42. The third-order valence-corrected chi connectivity index (χ3v) is 7.74. The van der Waals surface area contributed by atoms with E-state index >= 15 is 0 Å². The van der Waals surface area contributed by atoms with Gasteiger partial charge < -0.3 is 14.7 Å². The summed E-state index contributed by atoms with van der Waals surface area (Å²) < 4.78 is 5.53. The molecule has 0 radical (unpaired) electrons. The van der Waals surface area contributed by atoms with E-state index in [2.05, 4.69) is 34.6 Å². The van der Waals surface area contributed by atoms with E-state index < -0.39 is 18.1 Å². The summed E-state index contributed by atoms with van der Waals surface area (Å²) in [6.07, 6.45) is -0.635. The van der Waals surface area contributed by atoms with Crippen molar-refractivity contribution in [2.75, 3.05) is 23.6 Å². The second kappa shape index (κ2) is 9.47. The first-order valence-electron chi connectivity index (χ1n) is 10.7. The Balaban J connectivity index is 1.18. The first-order valence-corrected chi connectivity index (χ1v) is 12.7. The fourth-order valence-corrected chi connectivity index (χ4v) is 6.18. The van der Waals surface area contributed by atoms with E-state index in [-0.39, 0.29) is 24.9 Å². The first-order chi connectivity index (χ1) is 16.5. The number of rotatable bonds is 6. The molecule has 34 heavy (non-hydrogen) atoms. The Morgan fingerprint density at radius 3 is 2.44 bits per heavy atom. The number of carbonyl (C=O) groups excluding carboxylic acids is 2. The summed E-state index contributed by atoms with van der Waals surface area (Å²) in [4.78, 5) is 41.9. The number of anilines is 1. The molecule has 1 atom stereocenters. The van der Waals surface area contributed by atoms with Gasteiger partial charge in [0.1, 0.15) is 12.6 Å². The molecule has 1 aliphatic carbocycles. The molecule has 2 heterocycles.